The summed E-state index contributed by atoms with van der Waals surface area (Å²) in [7, 11) is 1.51. The molecule has 8 nitrogen and oxygen atoms in total. The number of amides is 1. The van der Waals surface area contributed by atoms with Gasteiger partial charge in [0, 0.05) is 38.0 Å². The summed E-state index contributed by atoms with van der Waals surface area (Å²) in [5.41, 5.74) is 2.61. The molecule has 0 bridgehead atoms. The number of carbonyl (C=O) groups is 2. The molecule has 0 unspecified atom stereocenters. The van der Waals surface area contributed by atoms with Crippen LogP contribution in [-0.4, -0.2) is 68.6 Å². The molecule has 2 aromatic carbocycles. The maximum atomic E-state index is 15.0. The number of aliphatic hydroxyl groups is 1. The highest BCUT2D eigenvalue weighted by Gasteiger charge is 2.30. The van der Waals surface area contributed by atoms with Crippen LogP contribution in [0.5, 0.6) is 11.5 Å². The standard InChI is InChI=1S/C29H34FNO7/c1-35-28-21-8-12-38-27(21)18(15-22(28)29(34)31-24-9-11-36-16-26(24)33)13-17-4-6-20(23(30)14-17)25(32)7-5-19-3-2-10-37-19/h4,6,14-15,19,24,26,33H,2-3,5,7-13,16H2,1H3,(H,31,34)/t19-,24+,26+/m1/s1. The fourth-order valence-electron chi connectivity index (χ4n) is 5.51. The van der Waals surface area contributed by atoms with E-state index < -0.39 is 18.0 Å². The second-order valence-electron chi connectivity index (χ2n) is 10.1. The molecule has 0 saturated carbocycles. The van der Waals surface area contributed by atoms with E-state index in [0.29, 0.717) is 61.5 Å². The van der Waals surface area contributed by atoms with Crippen molar-refractivity contribution in [1.29, 1.82) is 0 Å². The molecule has 0 aliphatic carbocycles. The largest absolute Gasteiger partial charge is 0.495 e. The van der Waals surface area contributed by atoms with Gasteiger partial charge in [0.25, 0.3) is 5.91 Å². The predicted molar refractivity (Wildman–Crippen MR) is 137 cm³/mol. The third-order valence-electron chi connectivity index (χ3n) is 7.54. The lowest BCUT2D eigenvalue weighted by molar-refractivity contribution is -0.0261. The molecule has 5 rings (SSSR count). The van der Waals surface area contributed by atoms with E-state index >= 15 is 0 Å². The van der Waals surface area contributed by atoms with E-state index in [1.54, 1.807) is 12.1 Å². The number of ketones is 1. The van der Waals surface area contributed by atoms with Gasteiger partial charge in [-0.25, -0.2) is 4.39 Å². The second kappa shape index (κ2) is 11.8. The molecule has 2 saturated heterocycles. The molecular weight excluding hydrogens is 493 g/mol. The molecule has 204 valence electrons. The van der Waals surface area contributed by atoms with Crippen molar-refractivity contribution in [2.45, 2.75) is 63.2 Å². The van der Waals surface area contributed by atoms with Crippen LogP contribution >= 0.6 is 0 Å². The minimum Gasteiger partial charge on any atom is -0.495 e. The van der Waals surface area contributed by atoms with Gasteiger partial charge in [-0.15, -0.1) is 0 Å². The molecule has 3 aliphatic rings. The highest BCUT2D eigenvalue weighted by atomic mass is 19.1. The molecule has 2 N–H and O–H groups in total. The maximum Gasteiger partial charge on any atom is 0.255 e. The van der Waals surface area contributed by atoms with Crippen molar-refractivity contribution in [3.63, 3.8) is 0 Å². The van der Waals surface area contributed by atoms with Crippen molar-refractivity contribution in [3.05, 3.63) is 57.9 Å². The number of halogens is 1. The fraction of sp³-hybridized carbons (Fsp3) is 0.517. The summed E-state index contributed by atoms with van der Waals surface area (Å²) < 4.78 is 37.3. The van der Waals surface area contributed by atoms with E-state index in [-0.39, 0.29) is 36.4 Å². The molecule has 3 aliphatic heterocycles. The van der Waals surface area contributed by atoms with Crippen LogP contribution in [0, 0.1) is 5.82 Å². The SMILES string of the molecule is COc1c(C(=O)N[C@H]2CCOC[C@@H]2O)cc(Cc2ccc(C(=O)CC[C@H]3CCCO3)c(F)c2)c2c1CCO2. The van der Waals surface area contributed by atoms with Gasteiger partial charge in [-0.2, -0.15) is 0 Å². The smallest absolute Gasteiger partial charge is 0.255 e. The van der Waals surface area contributed by atoms with E-state index in [1.807, 2.05) is 0 Å². The Hall–Kier alpha value is -3.01. The number of methoxy groups -OCH3 is 1. The van der Waals surface area contributed by atoms with Crippen LogP contribution in [0.3, 0.4) is 0 Å². The topological polar surface area (TPSA) is 103 Å². The first-order chi connectivity index (χ1) is 18.4. The van der Waals surface area contributed by atoms with Crippen LogP contribution in [0.4, 0.5) is 4.39 Å². The van der Waals surface area contributed by atoms with Gasteiger partial charge in [0.15, 0.2) is 5.78 Å². The molecule has 3 heterocycles. The molecule has 0 spiro atoms. The Bertz CT molecular complexity index is 1190. The number of Topliss-reactive ketones (excluding diaryl/α,β-unsaturated/α-hetero) is 1. The lowest BCUT2D eigenvalue weighted by atomic mass is 9.94. The van der Waals surface area contributed by atoms with Gasteiger partial charge in [0.1, 0.15) is 17.3 Å². The number of fused-ring (bicyclic) bond motifs is 1. The van der Waals surface area contributed by atoms with Gasteiger partial charge < -0.3 is 29.4 Å². The number of benzene rings is 2. The highest BCUT2D eigenvalue weighted by molar-refractivity contribution is 5.98. The van der Waals surface area contributed by atoms with Gasteiger partial charge in [-0.3, -0.25) is 9.59 Å². The number of hydrogen-bond acceptors (Lipinski definition) is 7. The fourth-order valence-corrected chi connectivity index (χ4v) is 5.51. The van der Waals surface area contributed by atoms with Crippen LogP contribution in [0.25, 0.3) is 0 Å². The zero-order valence-corrected chi connectivity index (χ0v) is 21.6. The zero-order chi connectivity index (χ0) is 26.6. The predicted octanol–water partition coefficient (Wildman–Crippen LogP) is 3.38. The van der Waals surface area contributed by atoms with E-state index in [0.717, 1.165) is 30.6 Å². The quantitative estimate of drug-likeness (QED) is 0.482. The van der Waals surface area contributed by atoms with Gasteiger partial charge in [0.05, 0.1) is 49.7 Å². The lowest BCUT2D eigenvalue weighted by Gasteiger charge is -2.28. The number of carbonyl (C=O) groups excluding carboxylic acids is 2. The number of nitrogens with one attached hydrogen (secondary N) is 1. The summed E-state index contributed by atoms with van der Waals surface area (Å²) in [4.78, 5) is 25.9. The maximum absolute atomic E-state index is 15.0. The Kier molecular flexibility index (Phi) is 8.26. The number of aliphatic hydroxyl groups excluding tert-OH is 1. The monoisotopic (exact) mass is 527 g/mol. The number of ether oxygens (including phenoxy) is 4. The van der Waals surface area contributed by atoms with Crippen LogP contribution in [0.2, 0.25) is 0 Å². The summed E-state index contributed by atoms with van der Waals surface area (Å²) >= 11 is 0. The van der Waals surface area contributed by atoms with Gasteiger partial charge >= 0.3 is 0 Å². The van der Waals surface area contributed by atoms with E-state index in [4.69, 9.17) is 18.9 Å². The van der Waals surface area contributed by atoms with E-state index in [9.17, 15) is 19.1 Å². The molecule has 9 heteroatoms. The average molecular weight is 528 g/mol. The second-order valence-corrected chi connectivity index (χ2v) is 10.1. The van der Waals surface area contributed by atoms with Crippen molar-refractivity contribution in [1.82, 2.24) is 5.32 Å². The normalized spacial score (nSPS) is 22.6. The van der Waals surface area contributed by atoms with Crippen LogP contribution in [0.1, 0.15) is 69.5 Å². The van der Waals surface area contributed by atoms with E-state index in [1.165, 1.54) is 19.2 Å². The molecule has 38 heavy (non-hydrogen) atoms. The number of hydrogen-bond donors (Lipinski definition) is 2. The van der Waals surface area contributed by atoms with Crippen molar-refractivity contribution in [2.24, 2.45) is 0 Å². The van der Waals surface area contributed by atoms with Gasteiger partial charge in [0.2, 0.25) is 0 Å². The minimum atomic E-state index is -0.786. The first kappa shape index (κ1) is 26.6. The Balaban J connectivity index is 1.35. The molecule has 1 amide bonds. The Morgan fingerprint density at radius 2 is 2.03 bits per heavy atom. The molecule has 0 radical (unpaired) electrons. The summed E-state index contributed by atoms with van der Waals surface area (Å²) in [6.07, 6.45) is 3.50. The Morgan fingerprint density at radius 1 is 1.16 bits per heavy atom. The first-order valence-corrected chi connectivity index (χ1v) is 13.3. The summed E-state index contributed by atoms with van der Waals surface area (Å²) in [5.74, 6) is -0.0627. The van der Waals surface area contributed by atoms with Gasteiger partial charge in [-0.1, -0.05) is 6.07 Å². The Morgan fingerprint density at radius 3 is 2.76 bits per heavy atom. The summed E-state index contributed by atoms with van der Waals surface area (Å²) in [6, 6.07) is 5.94. The summed E-state index contributed by atoms with van der Waals surface area (Å²) in [5, 5.41) is 13.1. The van der Waals surface area contributed by atoms with Crippen LogP contribution < -0.4 is 14.8 Å². The summed E-state index contributed by atoms with van der Waals surface area (Å²) in [6.45, 7) is 1.81. The van der Waals surface area contributed by atoms with Crippen molar-refractivity contribution in [2.75, 3.05) is 33.5 Å². The molecular formula is C29H34FNO7. The average Bonchev–Trinajstić information content (AvgIpc) is 3.61. The third kappa shape index (κ3) is 5.70. The Labute approximate surface area is 221 Å². The lowest BCUT2D eigenvalue weighted by Crippen LogP contribution is -2.48. The zero-order valence-electron chi connectivity index (χ0n) is 21.6. The van der Waals surface area contributed by atoms with Crippen LogP contribution in [-0.2, 0) is 22.3 Å². The molecule has 0 aromatic heterocycles. The van der Waals surface area contributed by atoms with Crippen molar-refractivity contribution in [3.8, 4) is 11.5 Å². The highest BCUT2D eigenvalue weighted by Crippen LogP contribution is 2.40. The molecule has 2 fully saturated rings. The molecule has 2 aromatic rings. The van der Waals surface area contributed by atoms with Gasteiger partial charge in [-0.05, 0) is 55.0 Å². The van der Waals surface area contributed by atoms with Crippen molar-refractivity contribution >= 4 is 11.7 Å². The number of rotatable bonds is 9. The minimum absolute atomic E-state index is 0.0815. The van der Waals surface area contributed by atoms with Crippen LogP contribution in [0.15, 0.2) is 24.3 Å². The van der Waals surface area contributed by atoms with E-state index in [2.05, 4.69) is 5.32 Å². The molecule has 3 atom stereocenters. The third-order valence-corrected chi connectivity index (χ3v) is 7.54. The van der Waals surface area contributed by atoms with Crippen molar-refractivity contribution < 1.29 is 38.0 Å². The first-order valence-electron chi connectivity index (χ1n) is 13.3.